The maximum Gasteiger partial charge on any atom is 0.296 e. The minimum atomic E-state index is -0.844. The maximum absolute atomic E-state index is 12.5. The lowest BCUT2D eigenvalue weighted by Gasteiger charge is -2.16. The number of nitrogens with zero attached hydrogens (tertiary/aromatic N) is 1. The lowest BCUT2D eigenvalue weighted by Crippen LogP contribution is -2.30. The predicted octanol–water partition coefficient (Wildman–Crippen LogP) is 3.47. The summed E-state index contributed by atoms with van der Waals surface area (Å²) in [6.07, 6.45) is -0.172. The van der Waals surface area contributed by atoms with E-state index in [9.17, 15) is 14.9 Å². The lowest BCUT2D eigenvalue weighted by molar-refractivity contribution is -0.384. The fourth-order valence-electron chi connectivity index (χ4n) is 2.56. The first-order valence-electron chi connectivity index (χ1n) is 8.56. The molecule has 2 aromatic rings. The van der Waals surface area contributed by atoms with Crippen molar-refractivity contribution in [3.05, 3.63) is 52.1 Å². The van der Waals surface area contributed by atoms with Gasteiger partial charge in [-0.05, 0) is 26.0 Å². The van der Waals surface area contributed by atoms with Gasteiger partial charge in [0, 0.05) is 12.5 Å². The Balaban J connectivity index is 1.78. The number of nitrogens with one attached hydrogen (secondary N) is 1. The summed E-state index contributed by atoms with van der Waals surface area (Å²) in [6.45, 7) is 4.37. The van der Waals surface area contributed by atoms with Gasteiger partial charge < -0.3 is 19.5 Å². The van der Waals surface area contributed by atoms with E-state index < -0.39 is 16.9 Å². The number of aryl methyl sites for hydroxylation is 1. The molecule has 1 heterocycles. The molecule has 1 aliphatic rings. The Kier molecular flexibility index (Phi) is 5.44. The van der Waals surface area contributed by atoms with Crippen LogP contribution in [0.25, 0.3) is 0 Å². The van der Waals surface area contributed by atoms with Gasteiger partial charge in [-0.15, -0.1) is 0 Å². The number of benzene rings is 2. The van der Waals surface area contributed by atoms with Crippen molar-refractivity contribution in [1.82, 2.24) is 0 Å². The monoisotopic (exact) mass is 372 g/mol. The standard InChI is InChI=1S/C19H20N2O6/c1-12-4-6-14(7-5-12)27-13(2)19(22)20-15-10-17-18(11-16(15)21(23)24)26-9-3-8-25-17/h4-7,10-11,13H,3,8-9H2,1-2H3,(H,20,22)/t13-/m0/s1. The van der Waals surface area contributed by atoms with Crippen molar-refractivity contribution in [2.75, 3.05) is 18.5 Å². The molecule has 1 N–H and O–H groups in total. The molecular formula is C19H20N2O6. The third kappa shape index (κ3) is 4.46. The SMILES string of the molecule is Cc1ccc(O[C@@H](C)C(=O)Nc2cc3c(cc2[N+](=O)[O-])OCCCO3)cc1. The Morgan fingerprint density at radius 1 is 1.19 bits per heavy atom. The van der Waals surface area contributed by atoms with Crippen LogP contribution in [0.3, 0.4) is 0 Å². The van der Waals surface area contributed by atoms with Gasteiger partial charge in [0.25, 0.3) is 11.6 Å². The molecule has 27 heavy (non-hydrogen) atoms. The van der Waals surface area contributed by atoms with Gasteiger partial charge in [-0.2, -0.15) is 0 Å². The van der Waals surface area contributed by atoms with E-state index in [0.717, 1.165) is 5.56 Å². The first-order chi connectivity index (χ1) is 12.9. The number of ether oxygens (including phenoxy) is 3. The highest BCUT2D eigenvalue weighted by molar-refractivity contribution is 5.96. The molecule has 1 aliphatic heterocycles. The highest BCUT2D eigenvalue weighted by Gasteiger charge is 2.25. The molecule has 0 radical (unpaired) electrons. The summed E-state index contributed by atoms with van der Waals surface area (Å²) in [5.74, 6) is 0.686. The van der Waals surface area contributed by atoms with Gasteiger partial charge in [-0.25, -0.2) is 0 Å². The highest BCUT2D eigenvalue weighted by atomic mass is 16.6. The summed E-state index contributed by atoms with van der Waals surface area (Å²) in [5, 5.41) is 13.9. The molecule has 0 unspecified atom stereocenters. The summed E-state index contributed by atoms with van der Waals surface area (Å²) in [5.41, 5.74) is 0.839. The van der Waals surface area contributed by atoms with E-state index in [-0.39, 0.29) is 11.4 Å². The molecule has 0 fully saturated rings. The largest absolute Gasteiger partial charge is 0.489 e. The molecule has 0 aromatic heterocycles. The maximum atomic E-state index is 12.5. The Morgan fingerprint density at radius 2 is 1.81 bits per heavy atom. The van der Waals surface area contributed by atoms with Crippen LogP contribution in [0.1, 0.15) is 18.9 Å². The third-order valence-electron chi connectivity index (χ3n) is 4.02. The zero-order valence-electron chi connectivity index (χ0n) is 15.1. The van der Waals surface area contributed by atoms with Crippen LogP contribution in [0.5, 0.6) is 17.2 Å². The Labute approximate surface area is 156 Å². The van der Waals surface area contributed by atoms with Gasteiger partial charge in [0.05, 0.1) is 24.2 Å². The smallest absolute Gasteiger partial charge is 0.296 e. The topological polar surface area (TPSA) is 99.9 Å². The second-order valence-electron chi connectivity index (χ2n) is 6.19. The van der Waals surface area contributed by atoms with Gasteiger partial charge >= 0.3 is 0 Å². The van der Waals surface area contributed by atoms with Crippen molar-refractivity contribution < 1.29 is 23.9 Å². The minimum absolute atomic E-state index is 0.0357. The summed E-state index contributed by atoms with van der Waals surface area (Å²) in [4.78, 5) is 23.3. The molecular weight excluding hydrogens is 352 g/mol. The Hall–Kier alpha value is -3.29. The number of rotatable bonds is 5. The third-order valence-corrected chi connectivity index (χ3v) is 4.02. The zero-order chi connectivity index (χ0) is 19.4. The van der Waals surface area contributed by atoms with Gasteiger partial charge in [0.2, 0.25) is 0 Å². The van der Waals surface area contributed by atoms with Crippen molar-refractivity contribution in [2.45, 2.75) is 26.4 Å². The fourth-order valence-corrected chi connectivity index (χ4v) is 2.56. The van der Waals surface area contributed by atoms with E-state index in [4.69, 9.17) is 14.2 Å². The van der Waals surface area contributed by atoms with E-state index in [1.54, 1.807) is 19.1 Å². The van der Waals surface area contributed by atoms with Crippen molar-refractivity contribution in [3.8, 4) is 17.2 Å². The van der Waals surface area contributed by atoms with E-state index in [1.807, 2.05) is 19.1 Å². The average molecular weight is 372 g/mol. The fraction of sp³-hybridized carbons (Fsp3) is 0.316. The van der Waals surface area contributed by atoms with E-state index in [2.05, 4.69) is 5.32 Å². The van der Waals surface area contributed by atoms with Crippen molar-refractivity contribution in [3.63, 3.8) is 0 Å². The van der Waals surface area contributed by atoms with E-state index in [1.165, 1.54) is 12.1 Å². The van der Waals surface area contributed by atoms with E-state index >= 15 is 0 Å². The van der Waals surface area contributed by atoms with Gasteiger partial charge in [-0.3, -0.25) is 14.9 Å². The number of nitro benzene ring substituents is 1. The molecule has 2 aromatic carbocycles. The summed E-state index contributed by atoms with van der Waals surface area (Å²) in [6, 6.07) is 9.94. The molecule has 3 rings (SSSR count). The second kappa shape index (κ2) is 7.94. The number of hydrogen-bond donors (Lipinski definition) is 1. The molecule has 8 nitrogen and oxygen atoms in total. The first kappa shape index (κ1) is 18.5. The van der Waals surface area contributed by atoms with Crippen LogP contribution in [0.4, 0.5) is 11.4 Å². The second-order valence-corrected chi connectivity index (χ2v) is 6.19. The molecule has 0 spiro atoms. The summed E-state index contributed by atoms with van der Waals surface area (Å²) >= 11 is 0. The zero-order valence-corrected chi connectivity index (χ0v) is 15.1. The van der Waals surface area contributed by atoms with Crippen LogP contribution < -0.4 is 19.5 Å². The van der Waals surface area contributed by atoms with Crippen LogP contribution in [0.15, 0.2) is 36.4 Å². The first-order valence-corrected chi connectivity index (χ1v) is 8.56. The quantitative estimate of drug-likeness (QED) is 0.637. The van der Waals surface area contributed by atoms with Crippen molar-refractivity contribution in [2.24, 2.45) is 0 Å². The number of amides is 1. The predicted molar refractivity (Wildman–Crippen MR) is 98.6 cm³/mol. The molecule has 0 saturated heterocycles. The molecule has 1 amide bonds. The molecule has 8 heteroatoms. The molecule has 142 valence electrons. The van der Waals surface area contributed by atoms with Crippen LogP contribution in [0, 0.1) is 17.0 Å². The molecule has 1 atom stereocenters. The number of carbonyl (C=O) groups excluding carboxylic acids is 1. The van der Waals surface area contributed by atoms with Crippen LogP contribution in [0.2, 0.25) is 0 Å². The van der Waals surface area contributed by atoms with Crippen LogP contribution >= 0.6 is 0 Å². The van der Waals surface area contributed by atoms with Gasteiger partial charge in [0.1, 0.15) is 11.4 Å². The molecule has 0 aliphatic carbocycles. The number of hydrogen-bond acceptors (Lipinski definition) is 6. The Bertz CT molecular complexity index is 850. The molecule has 0 bridgehead atoms. The summed E-state index contributed by atoms with van der Waals surface area (Å²) in [7, 11) is 0. The van der Waals surface area contributed by atoms with Gasteiger partial charge in [0.15, 0.2) is 17.6 Å². The lowest BCUT2D eigenvalue weighted by atomic mass is 10.2. The number of fused-ring (bicyclic) bond motifs is 1. The summed E-state index contributed by atoms with van der Waals surface area (Å²) < 4.78 is 16.6. The van der Waals surface area contributed by atoms with Crippen LogP contribution in [-0.2, 0) is 4.79 Å². The van der Waals surface area contributed by atoms with Crippen molar-refractivity contribution >= 4 is 17.3 Å². The number of nitro groups is 1. The Morgan fingerprint density at radius 3 is 2.44 bits per heavy atom. The molecule has 0 saturated carbocycles. The van der Waals surface area contributed by atoms with Crippen molar-refractivity contribution in [1.29, 1.82) is 0 Å². The minimum Gasteiger partial charge on any atom is -0.489 e. The van der Waals surface area contributed by atoms with Crippen LogP contribution in [-0.4, -0.2) is 30.1 Å². The van der Waals surface area contributed by atoms with E-state index in [0.29, 0.717) is 36.9 Å². The highest BCUT2D eigenvalue weighted by Crippen LogP contribution is 2.39. The number of carbonyl (C=O) groups is 1. The van der Waals surface area contributed by atoms with Gasteiger partial charge in [-0.1, -0.05) is 17.7 Å². The normalized spacial score (nSPS) is 14.0. The average Bonchev–Trinajstić information content (AvgIpc) is 2.87. The number of anilines is 1.